The molecule has 1 aliphatic heterocycles. The molecule has 1 aromatic carbocycles. The normalized spacial score (nSPS) is 18.1. The van der Waals surface area contributed by atoms with Gasteiger partial charge in [0.15, 0.2) is 11.6 Å². The molecule has 6 rings (SSSR count). The number of carbonyl (C=O) groups excluding carboxylic acids is 1. The molecule has 3 aromatic heterocycles. The number of carbonyl (C=O) groups is 1. The largest absolute Gasteiger partial charge is 0.492 e. The fourth-order valence-corrected chi connectivity index (χ4v) is 4.74. The number of nitrogens with zero attached hydrogens (tertiary/aromatic N) is 2. The summed E-state index contributed by atoms with van der Waals surface area (Å²) in [6.45, 7) is 3.88. The molecule has 3 N–H and O–H groups in total. The van der Waals surface area contributed by atoms with Crippen molar-refractivity contribution in [2.24, 2.45) is 0 Å². The third kappa shape index (κ3) is 3.54. The Kier molecular flexibility index (Phi) is 4.87. The number of fused-ring (bicyclic) bond motifs is 4. The molecule has 4 aromatic rings. The minimum atomic E-state index is -0.498. The summed E-state index contributed by atoms with van der Waals surface area (Å²) in [6, 6.07) is 10.3. The van der Waals surface area contributed by atoms with Crippen LogP contribution in [0.25, 0.3) is 22.3 Å². The van der Waals surface area contributed by atoms with Crippen molar-refractivity contribution in [2.45, 2.75) is 38.3 Å². The maximum absolute atomic E-state index is 14.5. The predicted molar refractivity (Wildman–Crippen MR) is 130 cm³/mol. The number of hydrogen-bond acceptors (Lipinski definition) is 6. The zero-order valence-corrected chi connectivity index (χ0v) is 19.5. The lowest BCUT2D eigenvalue weighted by Gasteiger charge is -2.17. The molecule has 1 saturated carbocycles. The van der Waals surface area contributed by atoms with E-state index in [-0.39, 0.29) is 29.7 Å². The Labute approximate surface area is 200 Å². The number of H-pyrrole nitrogens is 1. The van der Waals surface area contributed by atoms with Gasteiger partial charge in [-0.05, 0) is 44.5 Å². The minimum Gasteiger partial charge on any atom is -0.492 e. The number of pyridine rings is 2. The SMILES string of the molecule is COc1c(F)cccc1Nc1c(-c2ccnc3ccc(OC(C)C)nc23)[nH]c2c1C(=O)NC1CC21. The minimum absolute atomic E-state index is 0.0361. The van der Waals surface area contributed by atoms with Crippen molar-refractivity contribution in [3.63, 3.8) is 0 Å². The van der Waals surface area contributed by atoms with Gasteiger partial charge in [-0.1, -0.05) is 6.07 Å². The molecule has 1 aliphatic carbocycles. The van der Waals surface area contributed by atoms with Crippen LogP contribution in [0, 0.1) is 5.82 Å². The van der Waals surface area contributed by atoms with Gasteiger partial charge in [0.25, 0.3) is 5.91 Å². The second-order valence-corrected chi connectivity index (χ2v) is 9.07. The van der Waals surface area contributed by atoms with Gasteiger partial charge in [0, 0.05) is 35.5 Å². The number of anilines is 2. The van der Waals surface area contributed by atoms with Gasteiger partial charge in [0.2, 0.25) is 5.88 Å². The van der Waals surface area contributed by atoms with Crippen LogP contribution >= 0.6 is 0 Å². The highest BCUT2D eigenvalue weighted by Crippen LogP contribution is 2.50. The van der Waals surface area contributed by atoms with Gasteiger partial charge in [-0.3, -0.25) is 9.78 Å². The second kappa shape index (κ2) is 7.97. The summed E-state index contributed by atoms with van der Waals surface area (Å²) < 4.78 is 25.6. The highest BCUT2D eigenvalue weighted by Gasteiger charge is 2.48. The molecule has 2 unspecified atom stereocenters. The van der Waals surface area contributed by atoms with Gasteiger partial charge in [0.05, 0.1) is 41.4 Å². The molecule has 2 aliphatic rings. The summed E-state index contributed by atoms with van der Waals surface area (Å²) in [4.78, 5) is 25.8. The molecule has 0 radical (unpaired) electrons. The van der Waals surface area contributed by atoms with E-state index in [9.17, 15) is 9.18 Å². The average Bonchev–Trinajstić information content (AvgIpc) is 3.50. The smallest absolute Gasteiger partial charge is 0.255 e. The van der Waals surface area contributed by atoms with Gasteiger partial charge in [-0.15, -0.1) is 0 Å². The maximum atomic E-state index is 14.5. The van der Waals surface area contributed by atoms with Gasteiger partial charge in [-0.2, -0.15) is 0 Å². The summed E-state index contributed by atoms with van der Waals surface area (Å²) in [7, 11) is 1.41. The van der Waals surface area contributed by atoms with E-state index in [4.69, 9.17) is 14.5 Å². The summed E-state index contributed by atoms with van der Waals surface area (Å²) >= 11 is 0. The fraction of sp³-hybridized carbons (Fsp3) is 0.269. The third-order valence-electron chi connectivity index (χ3n) is 6.35. The number of halogens is 1. The van der Waals surface area contributed by atoms with Crippen LogP contribution in [-0.4, -0.2) is 40.1 Å². The van der Waals surface area contributed by atoms with Crippen LogP contribution in [0.2, 0.25) is 0 Å². The predicted octanol–water partition coefficient (Wildman–Crippen LogP) is 4.90. The van der Waals surface area contributed by atoms with Crippen molar-refractivity contribution in [1.29, 1.82) is 0 Å². The molecule has 35 heavy (non-hydrogen) atoms. The van der Waals surface area contributed by atoms with E-state index in [2.05, 4.69) is 20.6 Å². The summed E-state index contributed by atoms with van der Waals surface area (Å²) in [5.41, 5.74) is 5.08. The zero-order valence-electron chi connectivity index (χ0n) is 19.5. The lowest BCUT2D eigenvalue weighted by atomic mass is 10.0. The van der Waals surface area contributed by atoms with Gasteiger partial charge >= 0.3 is 0 Å². The van der Waals surface area contributed by atoms with Crippen molar-refractivity contribution in [3.05, 3.63) is 59.7 Å². The highest BCUT2D eigenvalue weighted by molar-refractivity contribution is 6.09. The number of ether oxygens (including phenoxy) is 2. The van der Waals surface area contributed by atoms with E-state index in [1.807, 2.05) is 26.0 Å². The molecule has 0 saturated heterocycles. The second-order valence-electron chi connectivity index (χ2n) is 9.07. The van der Waals surface area contributed by atoms with Crippen LogP contribution in [0.3, 0.4) is 0 Å². The molecule has 4 heterocycles. The summed E-state index contributed by atoms with van der Waals surface area (Å²) in [5, 5.41) is 6.34. The van der Waals surface area contributed by atoms with Gasteiger partial charge < -0.3 is 25.1 Å². The van der Waals surface area contributed by atoms with E-state index >= 15 is 0 Å². The molecule has 1 amide bonds. The van der Waals surface area contributed by atoms with E-state index < -0.39 is 5.82 Å². The molecule has 0 bridgehead atoms. The number of aromatic amines is 1. The van der Waals surface area contributed by atoms with Crippen LogP contribution in [0.15, 0.2) is 42.6 Å². The van der Waals surface area contributed by atoms with Crippen LogP contribution < -0.4 is 20.1 Å². The van der Waals surface area contributed by atoms with Crippen LogP contribution in [0.1, 0.15) is 42.2 Å². The first kappa shape index (κ1) is 21.4. The third-order valence-corrected chi connectivity index (χ3v) is 6.35. The Bertz CT molecular complexity index is 1480. The van der Waals surface area contributed by atoms with Crippen molar-refractivity contribution >= 4 is 28.3 Å². The quantitative estimate of drug-likeness (QED) is 0.368. The standard InChI is InChI=1S/C26H24FN5O3/c1-12(2)35-19-8-7-16-21(31-19)13(9-10-28-16)23-24(29-17-6-4-5-15(27)25(17)34-3)20-22(32-23)14-11-18(14)30-26(20)33/h4-10,12,14,18,29,32H,11H2,1-3H3,(H,30,33). The maximum Gasteiger partial charge on any atom is 0.255 e. The first-order valence-corrected chi connectivity index (χ1v) is 11.5. The van der Waals surface area contributed by atoms with Crippen LogP contribution in [-0.2, 0) is 0 Å². The molecular weight excluding hydrogens is 449 g/mol. The number of benzene rings is 1. The number of nitrogens with one attached hydrogen (secondary N) is 3. The van der Waals surface area contributed by atoms with Crippen LogP contribution in [0.5, 0.6) is 11.6 Å². The number of methoxy groups -OCH3 is 1. The summed E-state index contributed by atoms with van der Waals surface area (Å²) in [6.07, 6.45) is 2.55. The van der Waals surface area contributed by atoms with Crippen LogP contribution in [0.4, 0.5) is 15.8 Å². The Balaban J connectivity index is 1.57. The summed E-state index contributed by atoms with van der Waals surface area (Å²) in [5.74, 6) is 0.0989. The van der Waals surface area contributed by atoms with E-state index in [1.165, 1.54) is 13.2 Å². The first-order valence-electron chi connectivity index (χ1n) is 11.5. The molecule has 0 spiro atoms. The van der Waals surface area contributed by atoms with Gasteiger partial charge in [-0.25, -0.2) is 9.37 Å². The lowest BCUT2D eigenvalue weighted by Crippen LogP contribution is -2.31. The fourth-order valence-electron chi connectivity index (χ4n) is 4.74. The molecular formula is C26H24FN5O3. The molecule has 178 valence electrons. The van der Waals surface area contributed by atoms with Crippen molar-refractivity contribution in [2.75, 3.05) is 12.4 Å². The molecule has 2 atom stereocenters. The monoisotopic (exact) mass is 473 g/mol. The van der Waals surface area contributed by atoms with E-state index in [0.717, 1.165) is 17.7 Å². The highest BCUT2D eigenvalue weighted by atomic mass is 19.1. The molecule has 1 fully saturated rings. The van der Waals surface area contributed by atoms with Crippen molar-refractivity contribution < 1.29 is 18.7 Å². The zero-order chi connectivity index (χ0) is 24.3. The number of rotatable bonds is 6. The Hall–Kier alpha value is -4.14. The molecule has 9 heteroatoms. The topological polar surface area (TPSA) is 101 Å². The Morgan fingerprint density at radius 1 is 1.20 bits per heavy atom. The van der Waals surface area contributed by atoms with Crippen molar-refractivity contribution in [1.82, 2.24) is 20.3 Å². The van der Waals surface area contributed by atoms with E-state index in [1.54, 1.807) is 24.4 Å². The van der Waals surface area contributed by atoms with Crippen molar-refractivity contribution in [3.8, 4) is 22.9 Å². The number of aromatic nitrogens is 3. The average molecular weight is 474 g/mol. The Morgan fingerprint density at radius 2 is 2.06 bits per heavy atom. The Morgan fingerprint density at radius 3 is 2.86 bits per heavy atom. The number of hydrogen-bond donors (Lipinski definition) is 3. The van der Waals surface area contributed by atoms with Gasteiger partial charge in [0.1, 0.15) is 5.52 Å². The first-order chi connectivity index (χ1) is 16.9. The molecule has 8 nitrogen and oxygen atoms in total. The number of para-hydroxylation sites is 1. The number of amides is 1. The lowest BCUT2D eigenvalue weighted by molar-refractivity contribution is 0.0944. The van der Waals surface area contributed by atoms with E-state index in [0.29, 0.717) is 39.5 Å².